The number of aromatic nitrogens is 1. The molecule has 0 amide bonds. The molecule has 0 spiro atoms. The normalized spacial score (nSPS) is 9.20. The molecular formula is C16H30ClNO2. The summed E-state index contributed by atoms with van der Waals surface area (Å²) in [5.41, 5.74) is 2.19. The number of hydrogen-bond acceptors (Lipinski definition) is 3. The van der Waals surface area contributed by atoms with E-state index in [4.69, 9.17) is 16.7 Å². The van der Waals surface area contributed by atoms with Crippen LogP contribution in [0.2, 0.25) is 5.15 Å². The largest absolute Gasteiger partial charge is 0.504 e. The van der Waals surface area contributed by atoms with Crippen LogP contribution >= 0.6 is 11.6 Å². The third-order valence-corrected chi connectivity index (χ3v) is 2.79. The van der Waals surface area contributed by atoms with Crippen LogP contribution in [0.25, 0.3) is 0 Å². The van der Waals surface area contributed by atoms with Crippen LogP contribution in [0.1, 0.15) is 70.7 Å². The molecule has 0 radical (unpaired) electrons. The predicted molar refractivity (Wildman–Crippen MR) is 87.5 cm³/mol. The Morgan fingerprint density at radius 3 is 2.05 bits per heavy atom. The van der Waals surface area contributed by atoms with Crippen LogP contribution < -0.4 is 0 Å². The molecule has 0 saturated heterocycles. The van der Waals surface area contributed by atoms with Crippen LogP contribution in [0, 0.1) is 6.92 Å². The predicted octanol–water partition coefficient (Wildman–Crippen LogP) is 5.03. The lowest BCUT2D eigenvalue weighted by atomic mass is 10.0. The van der Waals surface area contributed by atoms with Crippen LogP contribution in [-0.4, -0.2) is 15.2 Å². The van der Waals surface area contributed by atoms with E-state index in [1.54, 1.807) is 0 Å². The summed E-state index contributed by atoms with van der Waals surface area (Å²) in [6.45, 7) is 12.0. The molecule has 0 unspecified atom stereocenters. The molecule has 1 aromatic heterocycles. The monoisotopic (exact) mass is 303 g/mol. The molecule has 1 aromatic rings. The maximum atomic E-state index is 9.57. The van der Waals surface area contributed by atoms with Gasteiger partial charge in [-0.25, -0.2) is 4.98 Å². The van der Waals surface area contributed by atoms with Gasteiger partial charge in [-0.1, -0.05) is 59.1 Å². The van der Waals surface area contributed by atoms with E-state index in [2.05, 4.69) is 25.8 Å². The molecule has 0 aliphatic heterocycles. The minimum atomic E-state index is -0.209. The molecule has 0 bridgehead atoms. The summed E-state index contributed by atoms with van der Waals surface area (Å²) in [5.74, 6) is -0.100. The number of aliphatic hydroxyl groups excluding tert-OH is 1. The lowest BCUT2D eigenvalue weighted by molar-refractivity contribution is 0.274. The molecule has 0 aliphatic rings. The van der Waals surface area contributed by atoms with E-state index >= 15 is 0 Å². The van der Waals surface area contributed by atoms with E-state index in [0.29, 0.717) is 5.56 Å². The van der Waals surface area contributed by atoms with Crippen molar-refractivity contribution in [3.8, 4) is 5.75 Å². The average Bonchev–Trinajstić information content (AvgIpc) is 2.45. The quantitative estimate of drug-likeness (QED) is 0.767. The molecule has 0 atom stereocenters. The SMILES string of the molecule is CC.CCC.CCCCc1nc(Cl)c(O)c(CO)c1C. The first kappa shape index (κ1) is 21.5. The van der Waals surface area contributed by atoms with Crippen LogP contribution in [0.4, 0.5) is 0 Å². The zero-order valence-corrected chi connectivity index (χ0v) is 14.5. The van der Waals surface area contributed by atoms with E-state index in [0.717, 1.165) is 30.5 Å². The average molecular weight is 304 g/mol. The van der Waals surface area contributed by atoms with Crippen molar-refractivity contribution in [2.45, 2.75) is 73.8 Å². The summed E-state index contributed by atoms with van der Waals surface area (Å²) >= 11 is 5.78. The second kappa shape index (κ2) is 13.2. The standard InChI is InChI=1S/C11H16ClNO2.C3H8.C2H6/c1-3-4-5-9-7(2)8(6-14)10(15)11(12)13-9;1-3-2;1-2/h14-15H,3-6H2,1-2H3;3H2,1-2H3;1-2H3. The highest BCUT2D eigenvalue weighted by molar-refractivity contribution is 6.30. The second-order valence-corrected chi connectivity index (χ2v) is 4.63. The van der Waals surface area contributed by atoms with Crippen molar-refractivity contribution in [2.24, 2.45) is 0 Å². The zero-order valence-electron chi connectivity index (χ0n) is 13.8. The Morgan fingerprint density at radius 2 is 1.65 bits per heavy atom. The number of aryl methyl sites for hydroxylation is 1. The second-order valence-electron chi connectivity index (χ2n) is 4.27. The number of rotatable bonds is 4. The van der Waals surface area contributed by atoms with Gasteiger partial charge in [0.25, 0.3) is 0 Å². The zero-order chi connectivity index (χ0) is 16.1. The van der Waals surface area contributed by atoms with Crippen molar-refractivity contribution in [2.75, 3.05) is 0 Å². The number of aliphatic hydroxyl groups is 1. The molecule has 1 rings (SSSR count). The van der Waals surface area contributed by atoms with Gasteiger partial charge in [-0.05, 0) is 25.3 Å². The van der Waals surface area contributed by atoms with Crippen molar-refractivity contribution < 1.29 is 10.2 Å². The smallest absolute Gasteiger partial charge is 0.171 e. The summed E-state index contributed by atoms with van der Waals surface area (Å²) in [6.07, 6.45) is 4.18. The third kappa shape index (κ3) is 7.11. The van der Waals surface area contributed by atoms with E-state index in [1.807, 2.05) is 20.8 Å². The van der Waals surface area contributed by atoms with Crippen molar-refractivity contribution in [1.82, 2.24) is 4.98 Å². The first-order chi connectivity index (χ1) is 9.53. The molecule has 3 nitrogen and oxygen atoms in total. The fraction of sp³-hybridized carbons (Fsp3) is 0.688. The van der Waals surface area contributed by atoms with Gasteiger partial charge >= 0.3 is 0 Å². The summed E-state index contributed by atoms with van der Waals surface area (Å²) in [4.78, 5) is 4.12. The highest BCUT2D eigenvalue weighted by Gasteiger charge is 2.14. The topological polar surface area (TPSA) is 53.4 Å². The Labute approximate surface area is 129 Å². The minimum Gasteiger partial charge on any atom is -0.504 e. The third-order valence-electron chi connectivity index (χ3n) is 2.53. The van der Waals surface area contributed by atoms with Gasteiger partial charge in [-0.15, -0.1) is 0 Å². The fourth-order valence-corrected chi connectivity index (χ4v) is 1.73. The van der Waals surface area contributed by atoms with Gasteiger partial charge in [0.05, 0.1) is 6.61 Å². The van der Waals surface area contributed by atoms with Gasteiger partial charge in [0.1, 0.15) is 0 Å². The molecular weight excluding hydrogens is 274 g/mol. The number of halogens is 1. The lowest BCUT2D eigenvalue weighted by Crippen LogP contribution is -2.01. The van der Waals surface area contributed by atoms with Crippen LogP contribution in [0.15, 0.2) is 0 Å². The van der Waals surface area contributed by atoms with E-state index < -0.39 is 0 Å². The van der Waals surface area contributed by atoms with Gasteiger partial charge in [0.15, 0.2) is 10.9 Å². The first-order valence-electron chi connectivity index (χ1n) is 7.50. The van der Waals surface area contributed by atoms with Crippen LogP contribution in [0.3, 0.4) is 0 Å². The van der Waals surface area contributed by atoms with Gasteiger partial charge in [0, 0.05) is 11.3 Å². The van der Waals surface area contributed by atoms with Gasteiger partial charge < -0.3 is 10.2 Å². The fourth-order valence-electron chi connectivity index (χ4n) is 1.51. The van der Waals surface area contributed by atoms with Gasteiger partial charge in [-0.3, -0.25) is 0 Å². The van der Waals surface area contributed by atoms with E-state index in [-0.39, 0.29) is 17.5 Å². The molecule has 0 saturated carbocycles. The highest BCUT2D eigenvalue weighted by atomic mass is 35.5. The first-order valence-corrected chi connectivity index (χ1v) is 7.88. The maximum absolute atomic E-state index is 9.57. The van der Waals surface area contributed by atoms with E-state index in [9.17, 15) is 5.11 Å². The van der Waals surface area contributed by atoms with Crippen molar-refractivity contribution in [3.63, 3.8) is 0 Å². The van der Waals surface area contributed by atoms with Crippen molar-refractivity contribution in [3.05, 3.63) is 22.0 Å². The van der Waals surface area contributed by atoms with Gasteiger partial charge in [-0.2, -0.15) is 0 Å². The molecule has 1 heterocycles. The summed E-state index contributed by atoms with van der Waals surface area (Å²) in [7, 11) is 0. The number of nitrogens with zero attached hydrogens (tertiary/aromatic N) is 1. The molecule has 118 valence electrons. The molecule has 0 aliphatic carbocycles. The Kier molecular flexibility index (Phi) is 14.2. The molecule has 20 heavy (non-hydrogen) atoms. The van der Waals surface area contributed by atoms with Crippen molar-refractivity contribution in [1.29, 1.82) is 0 Å². The molecule has 2 N–H and O–H groups in total. The summed E-state index contributed by atoms with van der Waals surface area (Å²) < 4.78 is 0. The van der Waals surface area contributed by atoms with Crippen molar-refractivity contribution >= 4 is 11.6 Å². The molecule has 0 fully saturated rings. The Morgan fingerprint density at radius 1 is 1.15 bits per heavy atom. The number of hydrogen-bond donors (Lipinski definition) is 2. The Bertz CT molecular complexity index is 368. The maximum Gasteiger partial charge on any atom is 0.171 e. The lowest BCUT2D eigenvalue weighted by Gasteiger charge is -2.11. The number of aromatic hydroxyl groups is 1. The molecule has 0 aromatic carbocycles. The molecule has 4 heteroatoms. The van der Waals surface area contributed by atoms with Gasteiger partial charge in [0.2, 0.25) is 0 Å². The summed E-state index contributed by atoms with van der Waals surface area (Å²) in [5, 5.41) is 18.8. The highest BCUT2D eigenvalue weighted by Crippen LogP contribution is 2.30. The number of unbranched alkanes of at least 4 members (excludes halogenated alkanes) is 1. The minimum absolute atomic E-state index is 0.0794. The van der Waals surface area contributed by atoms with E-state index in [1.165, 1.54) is 6.42 Å². The Hall–Kier alpha value is -0.800. The van der Waals surface area contributed by atoms with Crippen LogP contribution in [-0.2, 0) is 13.0 Å². The Balaban J connectivity index is 0. The van der Waals surface area contributed by atoms with Crippen LogP contribution in [0.5, 0.6) is 5.75 Å². The summed E-state index contributed by atoms with van der Waals surface area (Å²) in [6, 6.07) is 0. The number of pyridine rings is 1.